The van der Waals surface area contributed by atoms with Gasteiger partial charge in [0.05, 0.1) is 6.61 Å². The number of likely N-dealkylation sites (N-methyl/N-ethyl adjacent to an activating group) is 1. The Labute approximate surface area is 124 Å². The van der Waals surface area contributed by atoms with Gasteiger partial charge in [0.1, 0.15) is 5.75 Å². The average molecular weight is 278 g/mol. The molecule has 0 aliphatic carbocycles. The van der Waals surface area contributed by atoms with Gasteiger partial charge in [0.15, 0.2) is 0 Å². The fraction of sp³-hybridized carbons (Fsp3) is 0.647. The molecule has 3 nitrogen and oxygen atoms in total. The molecule has 20 heavy (non-hydrogen) atoms. The van der Waals surface area contributed by atoms with Gasteiger partial charge in [0.2, 0.25) is 0 Å². The van der Waals surface area contributed by atoms with E-state index in [2.05, 4.69) is 49.2 Å². The summed E-state index contributed by atoms with van der Waals surface area (Å²) < 4.78 is 5.73. The van der Waals surface area contributed by atoms with E-state index in [1.54, 1.807) is 0 Å². The maximum Gasteiger partial charge on any atom is 0.119 e. The molecule has 1 rings (SSSR count). The lowest BCUT2D eigenvalue weighted by Gasteiger charge is -2.18. The van der Waals surface area contributed by atoms with E-state index in [4.69, 9.17) is 4.74 Å². The summed E-state index contributed by atoms with van der Waals surface area (Å²) in [5, 5.41) is 3.50. The summed E-state index contributed by atoms with van der Waals surface area (Å²) in [7, 11) is 0. The summed E-state index contributed by atoms with van der Waals surface area (Å²) in [4.78, 5) is 2.43. The highest BCUT2D eigenvalue weighted by molar-refractivity contribution is 5.28. The smallest absolute Gasteiger partial charge is 0.119 e. The first kappa shape index (κ1) is 17.0. The zero-order chi connectivity index (χ0) is 14.6. The fourth-order valence-corrected chi connectivity index (χ4v) is 2.09. The van der Waals surface area contributed by atoms with Crippen LogP contribution in [0.1, 0.15) is 39.2 Å². The van der Waals surface area contributed by atoms with Gasteiger partial charge in [-0.2, -0.15) is 0 Å². The average Bonchev–Trinajstić information content (AvgIpc) is 2.48. The van der Waals surface area contributed by atoms with Crippen LogP contribution in [-0.4, -0.2) is 37.7 Å². The van der Waals surface area contributed by atoms with Gasteiger partial charge in [0.25, 0.3) is 0 Å². The van der Waals surface area contributed by atoms with Crippen molar-refractivity contribution in [2.45, 2.75) is 40.2 Å². The number of rotatable bonds is 11. The van der Waals surface area contributed by atoms with Crippen LogP contribution in [0.4, 0.5) is 0 Å². The van der Waals surface area contributed by atoms with Crippen LogP contribution in [0, 0.1) is 0 Å². The molecule has 0 saturated carbocycles. The van der Waals surface area contributed by atoms with Crippen LogP contribution in [0.25, 0.3) is 0 Å². The largest absolute Gasteiger partial charge is 0.494 e. The van der Waals surface area contributed by atoms with Crippen molar-refractivity contribution in [3.8, 4) is 5.75 Å². The van der Waals surface area contributed by atoms with E-state index in [1.807, 2.05) is 6.07 Å². The Balaban J connectivity index is 2.27. The molecular weight excluding hydrogens is 248 g/mol. The van der Waals surface area contributed by atoms with Gasteiger partial charge in [-0.05, 0) is 37.2 Å². The summed E-state index contributed by atoms with van der Waals surface area (Å²) in [5.41, 5.74) is 1.29. The second kappa shape index (κ2) is 10.7. The van der Waals surface area contributed by atoms with Crippen molar-refractivity contribution in [3.63, 3.8) is 0 Å². The molecule has 0 bridgehead atoms. The van der Waals surface area contributed by atoms with Gasteiger partial charge in [-0.25, -0.2) is 0 Å². The van der Waals surface area contributed by atoms with Gasteiger partial charge in [-0.15, -0.1) is 0 Å². The van der Waals surface area contributed by atoms with Crippen LogP contribution in [0.15, 0.2) is 24.3 Å². The van der Waals surface area contributed by atoms with Crippen LogP contribution >= 0.6 is 0 Å². The molecule has 0 unspecified atom stereocenters. The molecule has 0 radical (unpaired) electrons. The lowest BCUT2D eigenvalue weighted by molar-refractivity contribution is 0.301. The van der Waals surface area contributed by atoms with E-state index in [0.717, 1.165) is 51.5 Å². The maximum absolute atomic E-state index is 5.73. The van der Waals surface area contributed by atoms with Crippen molar-refractivity contribution in [1.82, 2.24) is 10.2 Å². The molecule has 0 spiro atoms. The summed E-state index contributed by atoms with van der Waals surface area (Å²) in [6.07, 6.45) is 2.29. The summed E-state index contributed by atoms with van der Waals surface area (Å²) in [5.74, 6) is 0.987. The molecule has 1 aromatic rings. The molecule has 0 amide bonds. The fourth-order valence-electron chi connectivity index (χ4n) is 2.09. The van der Waals surface area contributed by atoms with E-state index < -0.39 is 0 Å². The van der Waals surface area contributed by atoms with Crippen molar-refractivity contribution in [3.05, 3.63) is 29.8 Å². The van der Waals surface area contributed by atoms with E-state index in [9.17, 15) is 0 Å². The Morgan fingerprint density at radius 1 is 1.15 bits per heavy atom. The Bertz CT molecular complexity index is 351. The standard InChI is InChI=1S/C17H30N2O/c1-4-7-13-20-17-10-8-9-16(14-17)15-18-11-12-19(5-2)6-3/h8-10,14,18H,4-7,11-13,15H2,1-3H3. The SMILES string of the molecule is CCCCOc1cccc(CNCCN(CC)CC)c1. The third-order valence-corrected chi connectivity index (χ3v) is 3.49. The lowest BCUT2D eigenvalue weighted by atomic mass is 10.2. The Morgan fingerprint density at radius 2 is 1.95 bits per heavy atom. The van der Waals surface area contributed by atoms with Gasteiger partial charge in [-0.3, -0.25) is 0 Å². The minimum Gasteiger partial charge on any atom is -0.494 e. The minimum atomic E-state index is 0.815. The van der Waals surface area contributed by atoms with Crippen molar-refractivity contribution in [2.75, 3.05) is 32.8 Å². The Morgan fingerprint density at radius 3 is 2.65 bits per heavy atom. The summed E-state index contributed by atoms with van der Waals surface area (Å²) >= 11 is 0. The monoisotopic (exact) mass is 278 g/mol. The predicted octanol–water partition coefficient (Wildman–Crippen LogP) is 3.30. The molecule has 0 aliphatic heterocycles. The number of ether oxygens (including phenoxy) is 1. The highest BCUT2D eigenvalue weighted by Gasteiger charge is 1.99. The van der Waals surface area contributed by atoms with E-state index in [1.165, 1.54) is 12.0 Å². The number of benzene rings is 1. The molecule has 3 heteroatoms. The van der Waals surface area contributed by atoms with Gasteiger partial charge >= 0.3 is 0 Å². The molecule has 1 N–H and O–H groups in total. The third kappa shape index (κ3) is 6.92. The first-order valence-electron chi connectivity index (χ1n) is 7.94. The third-order valence-electron chi connectivity index (χ3n) is 3.49. The topological polar surface area (TPSA) is 24.5 Å². The molecule has 114 valence electrons. The van der Waals surface area contributed by atoms with Crippen LogP contribution < -0.4 is 10.1 Å². The van der Waals surface area contributed by atoms with Crippen LogP contribution in [0.2, 0.25) is 0 Å². The molecule has 0 aliphatic rings. The highest BCUT2D eigenvalue weighted by atomic mass is 16.5. The molecule has 0 aromatic heterocycles. The number of unbranched alkanes of at least 4 members (excludes halogenated alkanes) is 1. The summed E-state index contributed by atoms with van der Waals surface area (Å²) in [6, 6.07) is 8.40. The van der Waals surface area contributed by atoms with Crippen LogP contribution in [0.5, 0.6) is 5.75 Å². The van der Waals surface area contributed by atoms with Crippen molar-refractivity contribution in [2.24, 2.45) is 0 Å². The number of hydrogen-bond donors (Lipinski definition) is 1. The molecular formula is C17H30N2O. The zero-order valence-electron chi connectivity index (χ0n) is 13.3. The zero-order valence-corrected chi connectivity index (χ0v) is 13.3. The number of hydrogen-bond acceptors (Lipinski definition) is 3. The normalized spacial score (nSPS) is 11.0. The lowest BCUT2D eigenvalue weighted by Crippen LogP contribution is -2.31. The van der Waals surface area contributed by atoms with Gasteiger partial charge in [0, 0.05) is 19.6 Å². The minimum absolute atomic E-state index is 0.815. The second-order valence-corrected chi connectivity index (χ2v) is 5.05. The second-order valence-electron chi connectivity index (χ2n) is 5.05. The van der Waals surface area contributed by atoms with Crippen molar-refractivity contribution < 1.29 is 4.74 Å². The molecule has 0 saturated heterocycles. The quantitative estimate of drug-likeness (QED) is 0.629. The van der Waals surface area contributed by atoms with Gasteiger partial charge in [-0.1, -0.05) is 39.3 Å². The van der Waals surface area contributed by atoms with E-state index >= 15 is 0 Å². The summed E-state index contributed by atoms with van der Waals surface area (Å²) in [6.45, 7) is 12.7. The predicted molar refractivity (Wildman–Crippen MR) is 86.3 cm³/mol. The molecule has 1 aromatic carbocycles. The molecule has 0 fully saturated rings. The Kier molecular flexibility index (Phi) is 9.09. The van der Waals surface area contributed by atoms with Crippen molar-refractivity contribution in [1.29, 1.82) is 0 Å². The van der Waals surface area contributed by atoms with Crippen molar-refractivity contribution >= 4 is 0 Å². The van der Waals surface area contributed by atoms with Crippen LogP contribution in [0.3, 0.4) is 0 Å². The molecule has 0 heterocycles. The van der Waals surface area contributed by atoms with Crippen LogP contribution in [-0.2, 0) is 6.54 Å². The Hall–Kier alpha value is -1.06. The maximum atomic E-state index is 5.73. The van der Waals surface area contributed by atoms with E-state index in [0.29, 0.717) is 0 Å². The van der Waals surface area contributed by atoms with Gasteiger partial charge < -0.3 is 15.0 Å². The number of nitrogens with zero attached hydrogens (tertiary/aromatic N) is 1. The highest BCUT2D eigenvalue weighted by Crippen LogP contribution is 2.13. The van der Waals surface area contributed by atoms with E-state index in [-0.39, 0.29) is 0 Å². The number of nitrogens with one attached hydrogen (secondary N) is 1. The first-order chi connectivity index (χ1) is 9.80. The molecule has 0 atom stereocenters. The first-order valence-corrected chi connectivity index (χ1v) is 7.94.